The van der Waals surface area contributed by atoms with E-state index < -0.39 is 0 Å². The molecule has 0 radical (unpaired) electrons. The molecule has 19 heavy (non-hydrogen) atoms. The summed E-state index contributed by atoms with van der Waals surface area (Å²) in [6.07, 6.45) is 3.85. The van der Waals surface area contributed by atoms with E-state index in [0.29, 0.717) is 0 Å². The Morgan fingerprint density at radius 3 is 2.58 bits per heavy atom. The van der Waals surface area contributed by atoms with Crippen molar-refractivity contribution in [3.63, 3.8) is 0 Å². The minimum Gasteiger partial charge on any atom is -0.379 e. The van der Waals surface area contributed by atoms with Gasteiger partial charge in [0.05, 0.1) is 18.6 Å². The van der Waals surface area contributed by atoms with Gasteiger partial charge >= 0.3 is 0 Å². The van der Waals surface area contributed by atoms with Crippen LogP contribution < -0.4 is 5.32 Å². The topological polar surface area (TPSA) is 37.4 Å². The standard InChI is InChI=1S/C15H23N3O/c1-14(2,18-8-6-16-7-9-18)15(11-19-12-15)13-4-3-5-17-10-13/h3-5,10,16H,6-9,11-12H2,1-2H3. The Hall–Kier alpha value is -0.970. The van der Waals surface area contributed by atoms with E-state index in [1.807, 2.05) is 18.5 Å². The largest absolute Gasteiger partial charge is 0.379 e. The molecule has 0 aromatic carbocycles. The van der Waals surface area contributed by atoms with Crippen LogP contribution in [0.25, 0.3) is 0 Å². The molecule has 0 amide bonds. The van der Waals surface area contributed by atoms with E-state index in [4.69, 9.17) is 4.74 Å². The van der Waals surface area contributed by atoms with E-state index >= 15 is 0 Å². The number of hydrogen-bond donors (Lipinski definition) is 1. The lowest BCUT2D eigenvalue weighted by Crippen LogP contribution is -2.69. The van der Waals surface area contributed by atoms with Gasteiger partial charge in [-0.1, -0.05) is 6.07 Å². The second-order valence-electron chi connectivity index (χ2n) is 6.11. The van der Waals surface area contributed by atoms with Gasteiger partial charge < -0.3 is 10.1 Å². The lowest BCUT2D eigenvalue weighted by molar-refractivity contribution is -0.136. The van der Waals surface area contributed by atoms with Crippen molar-refractivity contribution < 1.29 is 4.74 Å². The number of nitrogens with zero attached hydrogens (tertiary/aromatic N) is 2. The number of ether oxygens (including phenoxy) is 1. The maximum Gasteiger partial charge on any atom is 0.0613 e. The predicted octanol–water partition coefficient (Wildman–Crippen LogP) is 1.03. The van der Waals surface area contributed by atoms with E-state index in [1.54, 1.807) is 0 Å². The monoisotopic (exact) mass is 261 g/mol. The normalized spacial score (nSPS) is 23.9. The van der Waals surface area contributed by atoms with Crippen LogP contribution in [-0.4, -0.2) is 54.8 Å². The lowest BCUT2D eigenvalue weighted by atomic mass is 9.64. The average molecular weight is 261 g/mol. The van der Waals surface area contributed by atoms with Crippen molar-refractivity contribution in [2.45, 2.75) is 24.8 Å². The molecule has 104 valence electrons. The van der Waals surface area contributed by atoms with E-state index in [1.165, 1.54) is 5.56 Å². The summed E-state index contributed by atoms with van der Waals surface area (Å²) in [7, 11) is 0. The highest BCUT2D eigenvalue weighted by atomic mass is 16.5. The summed E-state index contributed by atoms with van der Waals surface area (Å²) in [5.41, 5.74) is 1.49. The average Bonchev–Trinajstić information content (AvgIpc) is 2.39. The highest BCUT2D eigenvalue weighted by Gasteiger charge is 2.54. The quantitative estimate of drug-likeness (QED) is 0.882. The second-order valence-corrected chi connectivity index (χ2v) is 6.11. The Labute approximate surface area is 115 Å². The second kappa shape index (κ2) is 4.85. The molecule has 3 heterocycles. The third-order valence-electron chi connectivity index (χ3n) is 4.99. The van der Waals surface area contributed by atoms with Crippen molar-refractivity contribution in [3.8, 4) is 0 Å². The van der Waals surface area contributed by atoms with Gasteiger partial charge in [-0.15, -0.1) is 0 Å². The molecule has 2 fully saturated rings. The van der Waals surface area contributed by atoms with Gasteiger partial charge in [0.25, 0.3) is 0 Å². The van der Waals surface area contributed by atoms with Crippen LogP contribution in [0, 0.1) is 0 Å². The molecule has 1 aromatic heterocycles. The van der Waals surface area contributed by atoms with Gasteiger partial charge in [-0.25, -0.2) is 0 Å². The third-order valence-corrected chi connectivity index (χ3v) is 4.99. The maximum absolute atomic E-state index is 5.60. The molecule has 2 saturated heterocycles. The number of hydrogen-bond acceptors (Lipinski definition) is 4. The smallest absolute Gasteiger partial charge is 0.0613 e. The fourth-order valence-corrected chi connectivity index (χ4v) is 3.35. The van der Waals surface area contributed by atoms with Gasteiger partial charge in [-0.3, -0.25) is 9.88 Å². The molecule has 0 bridgehead atoms. The molecule has 2 aliphatic rings. The SMILES string of the molecule is CC(C)(N1CCNCC1)C1(c2cccnc2)COC1. The van der Waals surface area contributed by atoms with E-state index in [0.717, 1.165) is 39.4 Å². The fraction of sp³-hybridized carbons (Fsp3) is 0.667. The Balaban J connectivity index is 1.92. The summed E-state index contributed by atoms with van der Waals surface area (Å²) < 4.78 is 5.60. The van der Waals surface area contributed by atoms with Gasteiger partial charge in [0.1, 0.15) is 0 Å². The van der Waals surface area contributed by atoms with Crippen molar-refractivity contribution >= 4 is 0 Å². The van der Waals surface area contributed by atoms with Crippen molar-refractivity contribution in [2.24, 2.45) is 0 Å². The summed E-state index contributed by atoms with van der Waals surface area (Å²) >= 11 is 0. The van der Waals surface area contributed by atoms with Crippen molar-refractivity contribution in [1.29, 1.82) is 0 Å². The first-order chi connectivity index (χ1) is 9.17. The molecule has 4 nitrogen and oxygen atoms in total. The minimum absolute atomic E-state index is 0.0819. The lowest BCUT2D eigenvalue weighted by Gasteiger charge is -2.57. The van der Waals surface area contributed by atoms with Crippen molar-refractivity contribution in [3.05, 3.63) is 30.1 Å². The molecule has 0 aliphatic carbocycles. The summed E-state index contributed by atoms with van der Waals surface area (Å²) in [4.78, 5) is 6.90. The van der Waals surface area contributed by atoms with Crippen molar-refractivity contribution in [1.82, 2.24) is 15.2 Å². The first-order valence-corrected chi connectivity index (χ1v) is 7.11. The first-order valence-electron chi connectivity index (χ1n) is 7.11. The van der Waals surface area contributed by atoms with Gasteiger partial charge in [-0.05, 0) is 25.5 Å². The third kappa shape index (κ3) is 1.98. The maximum atomic E-state index is 5.60. The Kier molecular flexibility index (Phi) is 3.33. The molecule has 1 N–H and O–H groups in total. The zero-order valence-corrected chi connectivity index (χ0v) is 11.9. The molecule has 0 saturated carbocycles. The Morgan fingerprint density at radius 2 is 2.05 bits per heavy atom. The Morgan fingerprint density at radius 1 is 1.32 bits per heavy atom. The molecule has 0 atom stereocenters. The zero-order valence-electron chi connectivity index (χ0n) is 11.9. The van der Waals surface area contributed by atoms with Gasteiger partial charge in [0, 0.05) is 44.1 Å². The van der Waals surface area contributed by atoms with Crippen LogP contribution in [0.2, 0.25) is 0 Å². The van der Waals surface area contributed by atoms with Gasteiger partial charge in [0.15, 0.2) is 0 Å². The molecule has 2 aliphatic heterocycles. The number of pyridine rings is 1. The van der Waals surface area contributed by atoms with Crippen LogP contribution in [0.4, 0.5) is 0 Å². The number of piperazine rings is 1. The van der Waals surface area contributed by atoms with Gasteiger partial charge in [-0.2, -0.15) is 0 Å². The molecule has 3 rings (SSSR count). The predicted molar refractivity (Wildman–Crippen MR) is 75.3 cm³/mol. The molecule has 0 unspecified atom stereocenters. The molecule has 1 aromatic rings. The van der Waals surface area contributed by atoms with Gasteiger partial charge in [0.2, 0.25) is 0 Å². The highest BCUT2D eigenvalue weighted by molar-refractivity contribution is 5.31. The van der Waals surface area contributed by atoms with E-state index in [2.05, 4.69) is 35.1 Å². The van der Waals surface area contributed by atoms with E-state index in [9.17, 15) is 0 Å². The fourth-order valence-electron chi connectivity index (χ4n) is 3.35. The first kappa shape index (κ1) is 13.0. The summed E-state index contributed by atoms with van der Waals surface area (Å²) in [6.45, 7) is 10.7. The number of aromatic nitrogens is 1. The molecular weight excluding hydrogens is 238 g/mol. The van der Waals surface area contributed by atoms with E-state index in [-0.39, 0.29) is 11.0 Å². The number of rotatable bonds is 3. The summed E-state index contributed by atoms with van der Waals surface area (Å²) in [5, 5.41) is 3.43. The van der Waals surface area contributed by atoms with Crippen LogP contribution >= 0.6 is 0 Å². The van der Waals surface area contributed by atoms with Crippen LogP contribution in [0.1, 0.15) is 19.4 Å². The molecule has 4 heteroatoms. The van der Waals surface area contributed by atoms with Crippen LogP contribution in [0.5, 0.6) is 0 Å². The van der Waals surface area contributed by atoms with Crippen LogP contribution in [0.15, 0.2) is 24.5 Å². The van der Waals surface area contributed by atoms with Crippen LogP contribution in [-0.2, 0) is 10.2 Å². The molecule has 0 spiro atoms. The minimum atomic E-state index is 0.0819. The summed E-state index contributed by atoms with van der Waals surface area (Å²) in [5.74, 6) is 0. The van der Waals surface area contributed by atoms with Crippen molar-refractivity contribution in [2.75, 3.05) is 39.4 Å². The summed E-state index contributed by atoms with van der Waals surface area (Å²) in [6, 6.07) is 4.22. The molecular formula is C15H23N3O. The Bertz CT molecular complexity index is 422. The highest BCUT2D eigenvalue weighted by Crippen LogP contribution is 2.44. The zero-order chi connectivity index (χ0) is 13.3. The van der Waals surface area contributed by atoms with Crippen LogP contribution in [0.3, 0.4) is 0 Å². The number of nitrogens with one attached hydrogen (secondary N) is 1.